The van der Waals surface area contributed by atoms with Gasteiger partial charge in [0.15, 0.2) is 5.78 Å². The number of ketones is 1. The Morgan fingerprint density at radius 3 is 2.45 bits per heavy atom. The summed E-state index contributed by atoms with van der Waals surface area (Å²) in [6.07, 6.45) is -4.32. The van der Waals surface area contributed by atoms with Crippen LogP contribution in [0.25, 0.3) is 0 Å². The number of amides is 2. The molecule has 2 amide bonds. The van der Waals surface area contributed by atoms with E-state index in [9.17, 15) is 32.7 Å². The summed E-state index contributed by atoms with van der Waals surface area (Å²) in [7, 11) is 1.40. The molecule has 6 nitrogen and oxygen atoms in total. The van der Waals surface area contributed by atoms with Crippen LogP contribution in [0, 0.1) is 0 Å². The molecule has 160 valence electrons. The molecule has 1 heterocycles. The molecule has 0 saturated carbocycles. The van der Waals surface area contributed by atoms with Crippen LogP contribution in [0.5, 0.6) is 0 Å². The van der Waals surface area contributed by atoms with E-state index < -0.39 is 29.8 Å². The summed E-state index contributed by atoms with van der Waals surface area (Å²) in [6.45, 7) is 0. The number of hydrogen-bond donors (Lipinski definition) is 1. The average Bonchev–Trinajstić information content (AvgIpc) is 3.09. The Kier molecular flexibility index (Phi) is 4.83. The second-order valence-corrected chi connectivity index (χ2v) is 7.36. The number of hydrogen-bond acceptors (Lipinski definition) is 3. The largest absolute Gasteiger partial charge is 0.478 e. The van der Waals surface area contributed by atoms with Gasteiger partial charge in [-0.05, 0) is 36.2 Å². The van der Waals surface area contributed by atoms with Gasteiger partial charge in [-0.2, -0.15) is 13.2 Å². The van der Waals surface area contributed by atoms with Crippen molar-refractivity contribution >= 4 is 23.5 Å². The number of benzene rings is 2. The van der Waals surface area contributed by atoms with Crippen LogP contribution in [0.3, 0.4) is 0 Å². The third-order valence-corrected chi connectivity index (χ3v) is 5.54. The van der Waals surface area contributed by atoms with E-state index in [1.165, 1.54) is 42.3 Å². The van der Waals surface area contributed by atoms with E-state index in [1.807, 2.05) is 0 Å². The van der Waals surface area contributed by atoms with Crippen molar-refractivity contribution in [1.29, 1.82) is 0 Å². The van der Waals surface area contributed by atoms with E-state index in [1.54, 1.807) is 6.07 Å². The first-order valence-electron chi connectivity index (χ1n) is 9.44. The minimum absolute atomic E-state index is 0.00107. The van der Waals surface area contributed by atoms with Crippen molar-refractivity contribution in [1.82, 2.24) is 4.90 Å². The maximum atomic E-state index is 13.3. The second kappa shape index (κ2) is 7.26. The lowest BCUT2D eigenvalue weighted by molar-refractivity contribution is -0.137. The monoisotopic (exact) mass is 430 g/mol. The molecular formula is C22H17F3N2O4. The summed E-state index contributed by atoms with van der Waals surface area (Å²) >= 11 is 0. The maximum Gasteiger partial charge on any atom is 0.416 e. The SMILES string of the molecule is CN1C(=O)N(c2cccc(C(F)(F)F)c2)C2=C(C(=O)CC2)C1c1ccccc1C(=O)O. The molecule has 4 rings (SSSR count). The lowest BCUT2D eigenvalue weighted by Gasteiger charge is -2.40. The van der Waals surface area contributed by atoms with Gasteiger partial charge in [0.2, 0.25) is 0 Å². The Hall–Kier alpha value is -3.62. The second-order valence-electron chi connectivity index (χ2n) is 7.36. The van der Waals surface area contributed by atoms with Crippen molar-refractivity contribution in [2.24, 2.45) is 0 Å². The third kappa shape index (κ3) is 3.35. The van der Waals surface area contributed by atoms with Gasteiger partial charge in [-0.3, -0.25) is 9.69 Å². The van der Waals surface area contributed by atoms with Gasteiger partial charge in [-0.1, -0.05) is 24.3 Å². The lowest BCUT2D eigenvalue weighted by Crippen LogP contribution is -2.48. The first-order chi connectivity index (χ1) is 14.6. The number of carboxylic acids is 1. The van der Waals surface area contributed by atoms with Gasteiger partial charge in [0, 0.05) is 24.7 Å². The first kappa shape index (κ1) is 20.6. The fraction of sp³-hybridized carbons (Fsp3) is 0.227. The van der Waals surface area contributed by atoms with Crippen molar-refractivity contribution in [2.45, 2.75) is 25.1 Å². The number of alkyl halides is 3. The molecule has 1 atom stereocenters. The summed E-state index contributed by atoms with van der Waals surface area (Å²) < 4.78 is 39.6. The van der Waals surface area contributed by atoms with Gasteiger partial charge in [-0.25, -0.2) is 9.59 Å². The lowest BCUT2D eigenvalue weighted by atomic mass is 9.90. The fourth-order valence-corrected chi connectivity index (χ4v) is 4.16. The Balaban J connectivity index is 1.90. The Bertz CT molecular complexity index is 1140. The highest BCUT2D eigenvalue weighted by Crippen LogP contribution is 2.45. The van der Waals surface area contributed by atoms with Gasteiger partial charge in [0.25, 0.3) is 0 Å². The van der Waals surface area contributed by atoms with Crippen LogP contribution >= 0.6 is 0 Å². The van der Waals surface area contributed by atoms with Crippen molar-refractivity contribution in [3.63, 3.8) is 0 Å². The number of likely N-dealkylation sites (N-methyl/N-ethyl adjacent to an activating group) is 1. The van der Waals surface area contributed by atoms with E-state index in [-0.39, 0.29) is 41.0 Å². The summed E-state index contributed by atoms with van der Waals surface area (Å²) in [5.41, 5.74) is -0.154. The molecule has 0 radical (unpaired) electrons. The molecular weight excluding hydrogens is 413 g/mol. The van der Waals surface area contributed by atoms with Crippen LogP contribution in [0.4, 0.5) is 23.7 Å². The number of carbonyl (C=O) groups excluding carboxylic acids is 2. The highest BCUT2D eigenvalue weighted by atomic mass is 19.4. The zero-order chi connectivity index (χ0) is 22.5. The Morgan fingerprint density at radius 1 is 1.06 bits per heavy atom. The summed E-state index contributed by atoms with van der Waals surface area (Å²) in [4.78, 5) is 40.1. The fourth-order valence-electron chi connectivity index (χ4n) is 4.16. The van der Waals surface area contributed by atoms with Gasteiger partial charge >= 0.3 is 18.2 Å². The molecule has 2 aromatic carbocycles. The van der Waals surface area contributed by atoms with Crippen LogP contribution in [0.1, 0.15) is 40.4 Å². The van der Waals surface area contributed by atoms with Crippen molar-refractivity contribution < 1.29 is 32.7 Å². The molecule has 1 unspecified atom stereocenters. The van der Waals surface area contributed by atoms with Gasteiger partial charge in [-0.15, -0.1) is 0 Å². The number of anilines is 1. The number of aromatic carboxylic acids is 1. The number of rotatable bonds is 3. The number of allylic oxidation sites excluding steroid dienone is 1. The predicted octanol–water partition coefficient (Wildman–Crippen LogP) is 4.63. The molecule has 2 aliphatic rings. The topological polar surface area (TPSA) is 77.9 Å². The molecule has 0 bridgehead atoms. The summed E-state index contributed by atoms with van der Waals surface area (Å²) in [5, 5.41) is 9.57. The van der Waals surface area contributed by atoms with E-state index >= 15 is 0 Å². The van der Waals surface area contributed by atoms with E-state index in [2.05, 4.69) is 0 Å². The quantitative estimate of drug-likeness (QED) is 0.770. The number of halogens is 3. The number of carbonyl (C=O) groups is 3. The molecule has 1 aliphatic carbocycles. The number of nitrogens with zero attached hydrogens (tertiary/aromatic N) is 2. The summed E-state index contributed by atoms with van der Waals surface area (Å²) in [6, 6.07) is 8.84. The van der Waals surface area contributed by atoms with Crippen LogP contribution in [0.15, 0.2) is 59.8 Å². The van der Waals surface area contributed by atoms with Gasteiger partial charge in [0.1, 0.15) is 0 Å². The zero-order valence-corrected chi connectivity index (χ0v) is 16.3. The standard InChI is InChI=1S/C22H17F3N2O4/c1-26-19(14-7-2-3-8-15(14)20(29)30)18-16(9-10-17(18)28)27(21(26)31)13-6-4-5-12(11-13)22(23,24)25/h2-8,11,19H,9-10H2,1H3,(H,29,30). The number of urea groups is 1. The first-order valence-corrected chi connectivity index (χ1v) is 9.44. The van der Waals surface area contributed by atoms with E-state index in [0.717, 1.165) is 17.0 Å². The average molecular weight is 430 g/mol. The van der Waals surface area contributed by atoms with Crippen LogP contribution in [-0.2, 0) is 11.0 Å². The normalized spacial score (nSPS) is 19.2. The number of carboxylic acid groups (broad SMARTS) is 1. The minimum atomic E-state index is -4.59. The molecule has 1 aliphatic heterocycles. The van der Waals surface area contributed by atoms with E-state index in [4.69, 9.17) is 0 Å². The highest BCUT2D eigenvalue weighted by Gasteiger charge is 2.45. The van der Waals surface area contributed by atoms with Crippen LogP contribution < -0.4 is 4.90 Å². The molecule has 9 heteroatoms. The molecule has 0 aromatic heterocycles. The highest BCUT2D eigenvalue weighted by molar-refractivity contribution is 6.08. The van der Waals surface area contributed by atoms with Crippen LogP contribution in [-0.4, -0.2) is 34.8 Å². The van der Waals surface area contributed by atoms with E-state index in [0.29, 0.717) is 5.70 Å². The van der Waals surface area contributed by atoms with Crippen molar-refractivity contribution in [2.75, 3.05) is 11.9 Å². The van der Waals surface area contributed by atoms with Crippen LogP contribution in [0.2, 0.25) is 0 Å². The Labute approximate surface area is 175 Å². The molecule has 1 N–H and O–H groups in total. The molecule has 0 fully saturated rings. The van der Waals surface area contributed by atoms with Gasteiger partial charge < -0.3 is 10.0 Å². The third-order valence-electron chi connectivity index (χ3n) is 5.54. The predicted molar refractivity (Wildman–Crippen MR) is 104 cm³/mol. The van der Waals surface area contributed by atoms with Gasteiger partial charge in [0.05, 0.1) is 22.9 Å². The zero-order valence-electron chi connectivity index (χ0n) is 16.3. The maximum absolute atomic E-state index is 13.3. The molecule has 0 spiro atoms. The number of Topliss-reactive ketones (excluding diaryl/α,β-unsaturated/α-hetero) is 1. The van der Waals surface area contributed by atoms with Crippen molar-refractivity contribution in [3.05, 3.63) is 76.5 Å². The molecule has 0 saturated heterocycles. The van der Waals surface area contributed by atoms with Crippen molar-refractivity contribution in [3.8, 4) is 0 Å². The Morgan fingerprint density at radius 2 is 1.77 bits per heavy atom. The minimum Gasteiger partial charge on any atom is -0.478 e. The summed E-state index contributed by atoms with van der Waals surface area (Å²) in [5.74, 6) is -1.47. The smallest absolute Gasteiger partial charge is 0.416 e. The molecule has 31 heavy (non-hydrogen) atoms. The molecule has 2 aromatic rings.